The summed E-state index contributed by atoms with van der Waals surface area (Å²) < 4.78 is 29.9. The van der Waals surface area contributed by atoms with Gasteiger partial charge in [-0.1, -0.05) is 12.5 Å². The maximum Gasteiger partial charge on any atom is 0.315 e. The minimum atomic E-state index is -0.948. The number of aryl methyl sites for hydroxylation is 1. The quantitative estimate of drug-likeness (QED) is 0.0253. The van der Waals surface area contributed by atoms with Gasteiger partial charge < -0.3 is 71.1 Å². The van der Waals surface area contributed by atoms with Crippen LogP contribution in [-0.2, 0) is 49.4 Å². The van der Waals surface area contributed by atoms with Crippen LogP contribution in [0.3, 0.4) is 0 Å². The molecule has 0 aromatic heterocycles. The zero-order valence-corrected chi connectivity index (χ0v) is 52.2. The number of nitrogens with one attached hydrogen (secondary N) is 7. The number of carboxylic acid groups (broad SMARTS) is 2. The Kier molecular flexibility index (Phi) is 27.6. The molecule has 23 heteroatoms. The summed E-state index contributed by atoms with van der Waals surface area (Å²) in [7, 11) is 0. The zero-order chi connectivity index (χ0) is 62.3. The first-order valence-corrected chi connectivity index (χ1v) is 30.4. The predicted octanol–water partition coefficient (Wildman–Crippen LogP) is 6.54. The van der Waals surface area contributed by atoms with Crippen molar-refractivity contribution in [3.05, 3.63) is 47.5 Å². The van der Waals surface area contributed by atoms with Crippen molar-refractivity contribution in [1.82, 2.24) is 37.2 Å². The first kappa shape index (κ1) is 70.3. The van der Waals surface area contributed by atoms with E-state index in [1.54, 1.807) is 52.0 Å². The van der Waals surface area contributed by atoms with Gasteiger partial charge in [-0.3, -0.25) is 33.6 Å². The number of aliphatic carboxylic acids is 2. The molecule has 0 aliphatic carbocycles. The maximum atomic E-state index is 13.9. The molecule has 0 spiro atoms. The molecule has 2 aliphatic rings. The summed E-state index contributed by atoms with van der Waals surface area (Å²) in [6, 6.07) is 10.2. The fraction of sp³-hybridized carbons (Fsp3) is 0.672. The summed E-state index contributed by atoms with van der Waals surface area (Å²) in [5.41, 5.74) is -1.74. The van der Waals surface area contributed by atoms with Crippen molar-refractivity contribution in [3.8, 4) is 22.6 Å². The molecule has 2 heterocycles. The van der Waals surface area contributed by atoms with E-state index in [2.05, 4.69) is 37.2 Å². The molecular weight excluding hydrogens is 1100 g/mol. The Bertz CT molecular complexity index is 2470. The van der Waals surface area contributed by atoms with E-state index < -0.39 is 51.4 Å². The van der Waals surface area contributed by atoms with E-state index in [1.807, 2.05) is 66.3 Å². The number of amides is 7. The molecule has 3 atom stereocenters. The highest BCUT2D eigenvalue weighted by molar-refractivity contribution is 8.00. The lowest BCUT2D eigenvalue weighted by atomic mass is 9.90. The van der Waals surface area contributed by atoms with Crippen LogP contribution >= 0.6 is 11.8 Å². The minimum Gasteiger partial charge on any atom is -0.484 e. The average Bonchev–Trinajstić information content (AvgIpc) is 3.00. The van der Waals surface area contributed by atoms with Crippen LogP contribution in [0.5, 0.6) is 11.5 Å². The SMILES string of the molecule is CCOC(C)(C)CCNC(=O)COc1cc(C(=O)NCCNC(=O)CCCC[C@@H]2SC[C@@H]3NC(=O)N[C@@H]32)cc(-c2cc(CCC(=O)NCCC(C)(C)OCCC(C)(C)C(=O)O)cc(OCC(=O)NCCC(C)(C)OCCC(C)(C)C(=O)O)c2)c1. The molecule has 0 saturated carbocycles. The van der Waals surface area contributed by atoms with Gasteiger partial charge in [-0.15, -0.1) is 0 Å². The molecule has 2 aliphatic heterocycles. The van der Waals surface area contributed by atoms with Crippen molar-refractivity contribution in [2.75, 3.05) is 71.5 Å². The molecule has 2 saturated heterocycles. The highest BCUT2D eigenvalue weighted by Gasteiger charge is 2.42. The maximum absolute atomic E-state index is 13.9. The second-order valence-electron chi connectivity index (χ2n) is 24.7. The third-order valence-corrected chi connectivity index (χ3v) is 16.5. The molecule has 0 bridgehead atoms. The molecule has 2 aromatic carbocycles. The molecule has 2 fully saturated rings. The van der Waals surface area contributed by atoms with Gasteiger partial charge in [-0.25, -0.2) is 4.79 Å². The highest BCUT2D eigenvalue weighted by Crippen LogP contribution is 2.34. The zero-order valence-electron chi connectivity index (χ0n) is 51.4. The van der Waals surface area contributed by atoms with Gasteiger partial charge in [0, 0.05) is 82.0 Å². The number of carboxylic acids is 2. The van der Waals surface area contributed by atoms with Crippen molar-refractivity contribution in [2.45, 2.75) is 181 Å². The van der Waals surface area contributed by atoms with Crippen LogP contribution in [0.15, 0.2) is 36.4 Å². The Labute approximate surface area is 500 Å². The third kappa shape index (κ3) is 25.6. The van der Waals surface area contributed by atoms with Crippen molar-refractivity contribution >= 4 is 59.3 Å². The van der Waals surface area contributed by atoms with Crippen LogP contribution in [0.1, 0.15) is 156 Å². The number of fused-ring (bicyclic) bond motifs is 1. The van der Waals surface area contributed by atoms with Crippen LogP contribution in [-0.4, -0.2) is 163 Å². The van der Waals surface area contributed by atoms with Gasteiger partial charge in [-0.05, 0) is 175 Å². The number of hydrogen-bond donors (Lipinski definition) is 9. The van der Waals surface area contributed by atoms with Crippen molar-refractivity contribution in [3.63, 3.8) is 0 Å². The first-order valence-electron chi connectivity index (χ1n) is 29.4. The number of thioether (sulfide) groups is 1. The summed E-state index contributed by atoms with van der Waals surface area (Å²) in [5, 5.41) is 39.6. The Morgan fingerprint density at radius 3 is 1.61 bits per heavy atom. The molecular formula is C61H95N7O15S. The number of hydrogen-bond acceptors (Lipinski definition) is 14. The predicted molar refractivity (Wildman–Crippen MR) is 321 cm³/mol. The number of unbranched alkanes of at least 4 members (excludes halogenated alkanes) is 1. The lowest BCUT2D eigenvalue weighted by Crippen LogP contribution is -2.36. The van der Waals surface area contributed by atoms with Gasteiger partial charge in [0.2, 0.25) is 11.8 Å². The molecule has 9 N–H and O–H groups in total. The summed E-state index contributed by atoms with van der Waals surface area (Å²) in [6.45, 7) is 21.3. The molecule has 7 amide bonds. The summed E-state index contributed by atoms with van der Waals surface area (Å²) in [6.07, 6.45) is 5.15. The standard InChI is InChI=1S/C61H95N7O15S/c1-12-81-59(6,7)19-25-63-51(72)38-80-45-35-42(33-43(36-45)53(73)66-28-27-65-48(69)16-14-13-15-47-52-46(39-84-47)67-56(78)68-52)41-31-40(17-18-49(70)62-24-20-60(8,9)82-29-22-57(2,3)54(74)75)32-44(34-41)79-37-50(71)64-26-21-61(10,11)83-30-23-58(4,5)55(76)77/h31-36,46-47,52H,12-30,37-39H2,1-11H3,(H,62,70)(H,63,72)(H,64,71)(H,65,69)(H,66,73)(H,74,75)(H,76,77)(H2,67,68,78)/t46-,47-,52-/m0/s1. The van der Waals surface area contributed by atoms with Crippen molar-refractivity contribution in [1.29, 1.82) is 0 Å². The van der Waals surface area contributed by atoms with Crippen LogP contribution in [0.4, 0.5) is 4.79 Å². The van der Waals surface area contributed by atoms with Gasteiger partial charge in [0.05, 0.1) is 39.7 Å². The molecule has 2 aromatic rings. The lowest BCUT2D eigenvalue weighted by molar-refractivity contribution is -0.149. The largest absolute Gasteiger partial charge is 0.484 e. The Balaban J connectivity index is 1.49. The van der Waals surface area contributed by atoms with Crippen LogP contribution in [0.2, 0.25) is 0 Å². The fourth-order valence-electron chi connectivity index (χ4n) is 9.12. The van der Waals surface area contributed by atoms with Gasteiger partial charge in [0.1, 0.15) is 11.5 Å². The lowest BCUT2D eigenvalue weighted by Gasteiger charge is -2.27. The Hall–Kier alpha value is -6.17. The van der Waals surface area contributed by atoms with Gasteiger partial charge in [0.15, 0.2) is 13.2 Å². The first-order chi connectivity index (χ1) is 39.4. The molecule has 0 unspecified atom stereocenters. The number of rotatable bonds is 40. The van der Waals surface area contributed by atoms with Crippen molar-refractivity contribution < 1.29 is 72.3 Å². The fourth-order valence-corrected chi connectivity index (χ4v) is 10.7. The number of ether oxygens (including phenoxy) is 5. The summed E-state index contributed by atoms with van der Waals surface area (Å²) in [5.74, 6) is -2.11. The van der Waals surface area contributed by atoms with Gasteiger partial charge >= 0.3 is 18.0 Å². The van der Waals surface area contributed by atoms with E-state index in [9.17, 15) is 48.6 Å². The van der Waals surface area contributed by atoms with Gasteiger partial charge in [-0.2, -0.15) is 11.8 Å². The topological polar surface area (TPSA) is 307 Å². The van der Waals surface area contributed by atoms with Crippen LogP contribution in [0, 0.1) is 10.8 Å². The average molecular weight is 1200 g/mol. The number of carbonyl (C=O) groups excluding carboxylic acids is 6. The molecule has 0 radical (unpaired) electrons. The number of carbonyl (C=O) groups is 8. The van der Waals surface area contributed by atoms with Gasteiger partial charge in [0.25, 0.3) is 17.7 Å². The Morgan fingerprint density at radius 2 is 1.06 bits per heavy atom. The van der Waals surface area contributed by atoms with E-state index in [0.29, 0.717) is 92.3 Å². The smallest absolute Gasteiger partial charge is 0.315 e. The monoisotopic (exact) mass is 1200 g/mol. The van der Waals surface area contributed by atoms with E-state index in [-0.39, 0.29) is 106 Å². The molecule has 470 valence electrons. The summed E-state index contributed by atoms with van der Waals surface area (Å²) >= 11 is 1.83. The number of benzene rings is 2. The molecule has 84 heavy (non-hydrogen) atoms. The second-order valence-corrected chi connectivity index (χ2v) is 26.0. The van der Waals surface area contributed by atoms with Crippen LogP contribution < -0.4 is 46.7 Å². The normalized spacial score (nSPS) is 16.2. The van der Waals surface area contributed by atoms with E-state index in [4.69, 9.17) is 23.7 Å². The summed E-state index contributed by atoms with van der Waals surface area (Å²) in [4.78, 5) is 101. The van der Waals surface area contributed by atoms with Crippen molar-refractivity contribution in [2.24, 2.45) is 10.8 Å². The second kappa shape index (κ2) is 32.9. The minimum absolute atomic E-state index is 0.0760. The van der Waals surface area contributed by atoms with E-state index in [1.165, 1.54) is 6.07 Å². The molecule has 4 rings (SSSR count). The number of urea groups is 1. The van der Waals surface area contributed by atoms with Crippen LogP contribution in [0.25, 0.3) is 11.1 Å². The Morgan fingerprint density at radius 1 is 0.571 bits per heavy atom. The third-order valence-electron chi connectivity index (χ3n) is 14.9. The van der Waals surface area contributed by atoms with E-state index in [0.717, 1.165) is 18.6 Å². The highest BCUT2D eigenvalue weighted by atomic mass is 32.2. The van der Waals surface area contributed by atoms with E-state index >= 15 is 0 Å². The molecule has 22 nitrogen and oxygen atoms in total.